The molecule has 1 saturated heterocycles. The highest BCUT2D eigenvalue weighted by Crippen LogP contribution is 2.35. The van der Waals surface area contributed by atoms with Gasteiger partial charge in [-0.15, -0.1) is 0 Å². The van der Waals surface area contributed by atoms with Crippen molar-refractivity contribution >= 4 is 52.5 Å². The molecule has 1 aliphatic rings. The molecule has 0 aliphatic carbocycles. The van der Waals surface area contributed by atoms with Crippen LogP contribution in [-0.4, -0.2) is 40.2 Å². The number of ether oxygens (including phenoxy) is 1. The Morgan fingerprint density at radius 1 is 1.15 bits per heavy atom. The molecule has 0 saturated carbocycles. The zero-order valence-electron chi connectivity index (χ0n) is 16.9. The number of hydrogen-bond acceptors (Lipinski definition) is 8. The Morgan fingerprint density at radius 3 is 2.67 bits per heavy atom. The van der Waals surface area contributed by atoms with E-state index in [1.165, 1.54) is 43.5 Å². The van der Waals surface area contributed by atoms with Crippen LogP contribution in [0.25, 0.3) is 17.4 Å². The first-order valence-corrected chi connectivity index (χ1v) is 10.5. The molecule has 0 bridgehead atoms. The summed E-state index contributed by atoms with van der Waals surface area (Å²) in [5.41, 5.74) is 0.422. The number of aromatic carboxylic acids is 1. The summed E-state index contributed by atoms with van der Waals surface area (Å²) in [6, 6.07) is 10.2. The molecule has 2 aromatic heterocycles. The summed E-state index contributed by atoms with van der Waals surface area (Å²) in [5.74, 6) is -1.54. The second-order valence-corrected chi connectivity index (χ2v) is 8.13. The van der Waals surface area contributed by atoms with Crippen LogP contribution in [-0.2, 0) is 16.1 Å². The number of halogens is 1. The molecule has 1 fully saturated rings. The number of esters is 1. The van der Waals surface area contributed by atoms with Crippen molar-refractivity contribution in [1.82, 2.24) is 4.90 Å². The van der Waals surface area contributed by atoms with Crippen LogP contribution in [0.5, 0.6) is 0 Å². The van der Waals surface area contributed by atoms with E-state index >= 15 is 0 Å². The van der Waals surface area contributed by atoms with Crippen molar-refractivity contribution in [2.24, 2.45) is 0 Å². The van der Waals surface area contributed by atoms with E-state index in [2.05, 4.69) is 4.74 Å². The van der Waals surface area contributed by atoms with Crippen LogP contribution in [0.1, 0.15) is 32.4 Å². The molecule has 33 heavy (non-hydrogen) atoms. The standard InChI is InChI=1S/C22H14ClNO8S/c1-30-21(28)17-7-4-13(32-17)10-24-19(25)18(33-22(24)29)9-12-3-6-16(31-12)14-8-11(20(26)27)2-5-15(14)23/h2-9H,10H2,1H3,(H,26,27). The highest BCUT2D eigenvalue weighted by atomic mass is 35.5. The lowest BCUT2D eigenvalue weighted by molar-refractivity contribution is -0.123. The number of methoxy groups -OCH3 is 1. The maximum atomic E-state index is 12.7. The molecule has 3 heterocycles. The molecule has 0 unspecified atom stereocenters. The average molecular weight is 488 g/mol. The van der Waals surface area contributed by atoms with Gasteiger partial charge in [-0.05, 0) is 54.2 Å². The Labute approximate surface area is 195 Å². The number of furan rings is 2. The Hall–Kier alpha value is -3.76. The normalized spacial score (nSPS) is 14.8. The number of carbonyl (C=O) groups excluding carboxylic acids is 3. The number of thioether (sulfide) groups is 1. The lowest BCUT2D eigenvalue weighted by atomic mass is 10.1. The van der Waals surface area contributed by atoms with E-state index in [1.54, 1.807) is 12.1 Å². The molecule has 1 N–H and O–H groups in total. The number of carboxylic acid groups (broad SMARTS) is 1. The summed E-state index contributed by atoms with van der Waals surface area (Å²) in [7, 11) is 1.21. The van der Waals surface area contributed by atoms with Gasteiger partial charge in [-0.2, -0.15) is 0 Å². The second kappa shape index (κ2) is 9.00. The fourth-order valence-corrected chi connectivity index (χ4v) is 4.05. The molecule has 11 heteroatoms. The number of imide groups is 1. The molecule has 4 rings (SSSR count). The van der Waals surface area contributed by atoms with Crippen LogP contribution in [0.3, 0.4) is 0 Å². The van der Waals surface area contributed by atoms with Crippen molar-refractivity contribution < 1.29 is 37.9 Å². The van der Waals surface area contributed by atoms with Crippen LogP contribution in [0.2, 0.25) is 5.02 Å². The molecule has 1 aliphatic heterocycles. The van der Waals surface area contributed by atoms with Gasteiger partial charge in [0.2, 0.25) is 5.76 Å². The van der Waals surface area contributed by atoms with Gasteiger partial charge < -0.3 is 18.7 Å². The maximum Gasteiger partial charge on any atom is 0.373 e. The first-order chi connectivity index (χ1) is 15.8. The molecule has 168 valence electrons. The third-order valence-electron chi connectivity index (χ3n) is 4.61. The Balaban J connectivity index is 1.53. The minimum absolute atomic E-state index is 0.0382. The fraction of sp³-hybridized carbons (Fsp3) is 0.0909. The molecule has 2 amide bonds. The minimum atomic E-state index is -1.11. The first kappa shape index (κ1) is 22.4. The first-order valence-electron chi connectivity index (χ1n) is 9.32. The topological polar surface area (TPSA) is 127 Å². The maximum absolute atomic E-state index is 12.7. The number of nitrogens with zero attached hydrogens (tertiary/aromatic N) is 1. The number of amides is 2. The molecule has 0 radical (unpaired) electrons. The van der Waals surface area contributed by atoms with Gasteiger partial charge in [0.1, 0.15) is 17.3 Å². The van der Waals surface area contributed by atoms with Crippen LogP contribution in [0.15, 0.2) is 56.2 Å². The van der Waals surface area contributed by atoms with Gasteiger partial charge in [-0.25, -0.2) is 9.59 Å². The molecule has 3 aromatic rings. The number of rotatable bonds is 6. The summed E-state index contributed by atoms with van der Waals surface area (Å²) >= 11 is 6.90. The zero-order valence-corrected chi connectivity index (χ0v) is 18.4. The van der Waals surface area contributed by atoms with E-state index in [0.29, 0.717) is 16.3 Å². The van der Waals surface area contributed by atoms with E-state index < -0.39 is 23.1 Å². The van der Waals surface area contributed by atoms with Crippen molar-refractivity contribution in [3.05, 3.63) is 75.2 Å². The molecule has 1 aromatic carbocycles. The van der Waals surface area contributed by atoms with Crippen molar-refractivity contribution in [3.8, 4) is 11.3 Å². The number of benzene rings is 1. The Bertz CT molecular complexity index is 1320. The summed E-state index contributed by atoms with van der Waals surface area (Å²) < 4.78 is 15.6. The summed E-state index contributed by atoms with van der Waals surface area (Å²) in [6.45, 7) is -0.153. The molecule has 0 atom stereocenters. The smallest absolute Gasteiger partial charge is 0.373 e. The van der Waals surface area contributed by atoms with Gasteiger partial charge in [-0.1, -0.05) is 11.6 Å². The zero-order chi connectivity index (χ0) is 23.7. The average Bonchev–Trinajstić information content (AvgIpc) is 3.51. The Kier molecular flexibility index (Phi) is 6.12. The molecule has 9 nitrogen and oxygen atoms in total. The van der Waals surface area contributed by atoms with Gasteiger partial charge in [0.15, 0.2) is 0 Å². The predicted octanol–water partition coefficient (Wildman–Crippen LogP) is 4.91. The lowest BCUT2D eigenvalue weighted by Crippen LogP contribution is -2.27. The minimum Gasteiger partial charge on any atom is -0.478 e. The van der Waals surface area contributed by atoms with Crippen molar-refractivity contribution in [1.29, 1.82) is 0 Å². The predicted molar refractivity (Wildman–Crippen MR) is 118 cm³/mol. The van der Waals surface area contributed by atoms with Crippen molar-refractivity contribution in [2.75, 3.05) is 7.11 Å². The van der Waals surface area contributed by atoms with Gasteiger partial charge in [0.25, 0.3) is 11.1 Å². The van der Waals surface area contributed by atoms with E-state index in [-0.39, 0.29) is 34.3 Å². The van der Waals surface area contributed by atoms with Gasteiger partial charge in [0.05, 0.1) is 29.1 Å². The highest BCUT2D eigenvalue weighted by molar-refractivity contribution is 8.18. The van der Waals surface area contributed by atoms with Crippen molar-refractivity contribution in [3.63, 3.8) is 0 Å². The SMILES string of the molecule is COC(=O)c1ccc(CN2C(=O)SC(=Cc3ccc(-c4cc(C(=O)O)ccc4Cl)o3)C2=O)o1. The van der Waals surface area contributed by atoms with Crippen molar-refractivity contribution in [2.45, 2.75) is 6.54 Å². The monoisotopic (exact) mass is 487 g/mol. The summed E-state index contributed by atoms with van der Waals surface area (Å²) in [6.07, 6.45) is 1.41. The van der Waals surface area contributed by atoms with E-state index in [4.69, 9.17) is 20.4 Å². The van der Waals surface area contributed by atoms with E-state index in [1.807, 2.05) is 0 Å². The third kappa shape index (κ3) is 4.57. The molecule has 0 spiro atoms. The number of carbonyl (C=O) groups is 4. The van der Waals surface area contributed by atoms with Crippen LogP contribution in [0.4, 0.5) is 4.79 Å². The van der Waals surface area contributed by atoms with Crippen LogP contribution < -0.4 is 0 Å². The van der Waals surface area contributed by atoms with E-state index in [9.17, 15) is 24.3 Å². The second-order valence-electron chi connectivity index (χ2n) is 6.73. The lowest BCUT2D eigenvalue weighted by Gasteiger charge is -2.09. The van der Waals surface area contributed by atoms with E-state index in [0.717, 1.165) is 16.7 Å². The van der Waals surface area contributed by atoms with Crippen LogP contribution in [0, 0.1) is 0 Å². The third-order valence-corrected chi connectivity index (χ3v) is 5.85. The Morgan fingerprint density at radius 2 is 1.94 bits per heavy atom. The van der Waals surface area contributed by atoms with Crippen LogP contribution >= 0.6 is 23.4 Å². The molecular formula is C22H14ClNO8S. The molecular weight excluding hydrogens is 474 g/mol. The fourth-order valence-electron chi connectivity index (χ4n) is 3.02. The van der Waals surface area contributed by atoms with Gasteiger partial charge in [-0.3, -0.25) is 14.5 Å². The van der Waals surface area contributed by atoms with Gasteiger partial charge >= 0.3 is 11.9 Å². The highest BCUT2D eigenvalue weighted by Gasteiger charge is 2.36. The van der Waals surface area contributed by atoms with Gasteiger partial charge in [0, 0.05) is 11.6 Å². The number of hydrogen-bond donors (Lipinski definition) is 1. The quantitative estimate of drug-likeness (QED) is 0.380. The summed E-state index contributed by atoms with van der Waals surface area (Å²) in [4.78, 5) is 48.9. The largest absolute Gasteiger partial charge is 0.478 e. The summed E-state index contributed by atoms with van der Waals surface area (Å²) in [5, 5.41) is 8.97. The number of carboxylic acids is 1.